The Morgan fingerprint density at radius 2 is 1.89 bits per heavy atom. The summed E-state index contributed by atoms with van der Waals surface area (Å²) in [5, 5.41) is 2.59. The molecule has 1 aromatic rings. The Morgan fingerprint density at radius 3 is 2.61 bits per heavy atom. The van der Waals surface area contributed by atoms with Crippen LogP contribution in [0.4, 0.5) is 13.2 Å². The van der Waals surface area contributed by atoms with Gasteiger partial charge in [-0.25, -0.2) is 0 Å². The van der Waals surface area contributed by atoms with Crippen molar-refractivity contribution in [2.24, 2.45) is 0 Å². The van der Waals surface area contributed by atoms with Gasteiger partial charge in [-0.2, -0.15) is 13.2 Å². The van der Waals surface area contributed by atoms with E-state index in [0.717, 1.165) is 11.6 Å². The minimum atomic E-state index is -4.51. The number of amides is 2. The zero-order chi connectivity index (χ0) is 20.1. The average Bonchev–Trinajstić information content (AvgIpc) is 2.96. The molecule has 1 saturated heterocycles. The molecule has 3 rings (SSSR count). The van der Waals surface area contributed by atoms with E-state index in [0.29, 0.717) is 6.54 Å². The molecule has 2 amide bonds. The second-order valence-corrected chi connectivity index (χ2v) is 6.79. The van der Waals surface area contributed by atoms with E-state index in [-0.39, 0.29) is 43.2 Å². The molecule has 1 fully saturated rings. The number of nitrogens with zero attached hydrogens (tertiary/aromatic N) is 1. The maximum atomic E-state index is 13.4. The van der Waals surface area contributed by atoms with Gasteiger partial charge in [0.05, 0.1) is 5.57 Å². The summed E-state index contributed by atoms with van der Waals surface area (Å²) in [6.45, 7) is 0.545. The summed E-state index contributed by atoms with van der Waals surface area (Å²) in [7, 11) is 0. The Morgan fingerprint density at radius 1 is 1.14 bits per heavy atom. The van der Waals surface area contributed by atoms with Crippen LogP contribution < -0.4 is 5.32 Å². The van der Waals surface area contributed by atoms with Gasteiger partial charge in [0.2, 0.25) is 11.8 Å². The zero-order valence-corrected chi connectivity index (χ0v) is 15.2. The summed E-state index contributed by atoms with van der Waals surface area (Å²) in [5.41, 5.74) is 0.149. The fourth-order valence-corrected chi connectivity index (χ4v) is 3.36. The van der Waals surface area contributed by atoms with Crippen LogP contribution in [-0.2, 0) is 16.1 Å². The molecule has 2 aliphatic rings. The van der Waals surface area contributed by atoms with Gasteiger partial charge in [0.1, 0.15) is 6.04 Å². The van der Waals surface area contributed by atoms with E-state index in [4.69, 9.17) is 0 Å². The number of alkyl halides is 3. The average molecular weight is 390 g/mol. The van der Waals surface area contributed by atoms with Gasteiger partial charge in [-0.3, -0.25) is 9.59 Å². The molecule has 1 heterocycles. The molecule has 0 aromatic heterocycles. The van der Waals surface area contributed by atoms with Gasteiger partial charge in [-0.15, -0.1) is 0 Å². The number of benzene rings is 1. The van der Waals surface area contributed by atoms with Crippen molar-refractivity contribution in [1.29, 1.82) is 0 Å². The third-order valence-electron chi connectivity index (χ3n) is 4.74. The first-order valence-electron chi connectivity index (χ1n) is 9.10. The van der Waals surface area contributed by atoms with Gasteiger partial charge >= 0.3 is 6.18 Å². The lowest BCUT2D eigenvalue weighted by Gasteiger charge is -2.25. The minimum absolute atomic E-state index is 0.00135. The fourth-order valence-electron chi connectivity index (χ4n) is 3.36. The van der Waals surface area contributed by atoms with E-state index >= 15 is 0 Å². The number of halogens is 3. The van der Waals surface area contributed by atoms with E-state index in [2.05, 4.69) is 5.32 Å². The number of hydrogen-bond donors (Lipinski definition) is 1. The third-order valence-corrected chi connectivity index (χ3v) is 4.74. The molecule has 28 heavy (non-hydrogen) atoms. The SMILES string of the molecule is O=C1CCN(Cc2ccccc2)C(=O)[C@@H](CC2=CC=CCC=C2C(F)(F)F)N1. The van der Waals surface area contributed by atoms with Crippen LogP contribution in [0.3, 0.4) is 0 Å². The molecule has 1 aromatic carbocycles. The molecule has 0 saturated carbocycles. The maximum absolute atomic E-state index is 13.4. The van der Waals surface area contributed by atoms with E-state index < -0.39 is 17.8 Å². The number of rotatable bonds is 4. The predicted molar refractivity (Wildman–Crippen MR) is 99.0 cm³/mol. The van der Waals surface area contributed by atoms with Crippen molar-refractivity contribution in [3.63, 3.8) is 0 Å². The summed E-state index contributed by atoms with van der Waals surface area (Å²) in [5.74, 6) is -0.707. The summed E-state index contributed by atoms with van der Waals surface area (Å²) >= 11 is 0. The first kappa shape index (κ1) is 19.9. The van der Waals surface area contributed by atoms with Gasteiger partial charge < -0.3 is 10.2 Å². The molecule has 0 radical (unpaired) electrons. The molecule has 1 atom stereocenters. The number of carbonyl (C=O) groups excluding carboxylic acids is 2. The van der Waals surface area contributed by atoms with Crippen molar-refractivity contribution in [3.8, 4) is 0 Å². The first-order valence-corrected chi connectivity index (χ1v) is 9.10. The summed E-state index contributed by atoms with van der Waals surface area (Å²) in [4.78, 5) is 26.6. The third kappa shape index (κ3) is 4.91. The monoisotopic (exact) mass is 390 g/mol. The molecule has 7 heteroatoms. The molecule has 0 unspecified atom stereocenters. The molecular formula is C21H21F3N2O2. The molecule has 1 aliphatic carbocycles. The maximum Gasteiger partial charge on any atom is 0.416 e. The lowest BCUT2D eigenvalue weighted by atomic mass is 9.96. The van der Waals surface area contributed by atoms with Crippen molar-refractivity contribution in [3.05, 3.63) is 71.3 Å². The Labute approximate surface area is 161 Å². The Hall–Kier alpha value is -2.83. The number of allylic oxidation sites excluding steroid dienone is 5. The van der Waals surface area contributed by atoms with E-state index in [1.165, 1.54) is 11.0 Å². The largest absolute Gasteiger partial charge is 0.416 e. The lowest BCUT2D eigenvalue weighted by molar-refractivity contribution is -0.134. The molecule has 1 aliphatic heterocycles. The summed E-state index contributed by atoms with van der Waals surface area (Å²) in [6, 6.07) is 8.26. The van der Waals surface area contributed by atoms with Crippen molar-refractivity contribution >= 4 is 11.8 Å². The van der Waals surface area contributed by atoms with Gasteiger partial charge in [0, 0.05) is 25.9 Å². The fraction of sp³-hybridized carbons (Fsp3) is 0.333. The van der Waals surface area contributed by atoms with E-state index in [9.17, 15) is 22.8 Å². The number of nitrogens with one attached hydrogen (secondary N) is 1. The minimum Gasteiger partial charge on any atom is -0.344 e. The van der Waals surface area contributed by atoms with Crippen LogP contribution in [0.5, 0.6) is 0 Å². The van der Waals surface area contributed by atoms with Gasteiger partial charge in [0.25, 0.3) is 0 Å². The van der Waals surface area contributed by atoms with E-state index in [1.54, 1.807) is 12.2 Å². The van der Waals surface area contributed by atoms with Crippen molar-refractivity contribution in [1.82, 2.24) is 10.2 Å². The molecule has 1 N–H and O–H groups in total. The van der Waals surface area contributed by atoms with Crippen LogP contribution in [0.15, 0.2) is 65.8 Å². The molecule has 4 nitrogen and oxygen atoms in total. The second kappa shape index (κ2) is 8.46. The smallest absolute Gasteiger partial charge is 0.344 e. The van der Waals surface area contributed by atoms with Gasteiger partial charge in [-0.1, -0.05) is 54.6 Å². The molecule has 148 valence electrons. The Balaban J connectivity index is 1.82. The zero-order valence-electron chi connectivity index (χ0n) is 15.2. The van der Waals surface area contributed by atoms with Gasteiger partial charge in [0.15, 0.2) is 0 Å². The van der Waals surface area contributed by atoms with Crippen LogP contribution >= 0.6 is 0 Å². The highest BCUT2D eigenvalue weighted by atomic mass is 19.4. The Bertz CT molecular complexity index is 826. The highest BCUT2D eigenvalue weighted by Gasteiger charge is 2.38. The van der Waals surface area contributed by atoms with Crippen molar-refractivity contribution in [2.75, 3.05) is 6.54 Å². The van der Waals surface area contributed by atoms with Crippen LogP contribution in [0, 0.1) is 0 Å². The lowest BCUT2D eigenvalue weighted by Crippen LogP contribution is -2.44. The summed E-state index contributed by atoms with van der Waals surface area (Å²) < 4.78 is 40.3. The second-order valence-electron chi connectivity index (χ2n) is 6.79. The van der Waals surface area contributed by atoms with Crippen molar-refractivity contribution < 1.29 is 22.8 Å². The summed E-state index contributed by atoms with van der Waals surface area (Å²) in [6.07, 6.45) is 1.22. The van der Waals surface area contributed by atoms with Crippen LogP contribution in [0.2, 0.25) is 0 Å². The molecular weight excluding hydrogens is 369 g/mol. The highest BCUT2D eigenvalue weighted by molar-refractivity contribution is 5.90. The standard InChI is InChI=1S/C21H21F3N2O2/c22-21(23,24)17-10-6-2-5-9-16(17)13-18-20(28)26(12-11-19(27)25-18)14-15-7-3-1-4-8-15/h1-5,7-10,18H,6,11-14H2,(H,25,27)/t18-/m1/s1. The highest BCUT2D eigenvalue weighted by Crippen LogP contribution is 2.35. The van der Waals surface area contributed by atoms with Crippen LogP contribution in [0.25, 0.3) is 0 Å². The predicted octanol–water partition coefficient (Wildman–Crippen LogP) is 3.67. The van der Waals surface area contributed by atoms with Crippen molar-refractivity contribution in [2.45, 2.75) is 38.0 Å². The number of hydrogen-bond acceptors (Lipinski definition) is 2. The van der Waals surface area contributed by atoms with Crippen LogP contribution in [0.1, 0.15) is 24.8 Å². The first-order chi connectivity index (χ1) is 13.3. The molecule has 0 spiro atoms. The molecule has 0 bridgehead atoms. The quantitative estimate of drug-likeness (QED) is 0.853. The van der Waals surface area contributed by atoms with Crippen LogP contribution in [-0.4, -0.2) is 35.5 Å². The van der Waals surface area contributed by atoms with Gasteiger partial charge in [-0.05, 0) is 17.6 Å². The number of carbonyl (C=O) groups is 2. The van der Waals surface area contributed by atoms with E-state index in [1.807, 2.05) is 30.3 Å². The Kier molecular flexibility index (Phi) is 6.02. The topological polar surface area (TPSA) is 49.4 Å². The normalized spacial score (nSPS) is 20.8.